The molecule has 0 aliphatic carbocycles. The van der Waals surface area contributed by atoms with Crippen LogP contribution in [-0.4, -0.2) is 42.1 Å². The number of nitrogens with zero attached hydrogens (tertiary/aromatic N) is 2. The van der Waals surface area contributed by atoms with Gasteiger partial charge in [-0.05, 0) is 33.8 Å². The third-order valence-electron chi connectivity index (χ3n) is 3.05. The van der Waals surface area contributed by atoms with Gasteiger partial charge in [0.15, 0.2) is 0 Å². The molecule has 1 aromatic rings. The molecule has 0 radical (unpaired) electrons. The molecule has 2 N–H and O–H groups in total. The molecular formula is C14H26N4. The van der Waals surface area contributed by atoms with Crippen molar-refractivity contribution in [1.29, 1.82) is 0 Å². The number of hydrogen-bond acceptors (Lipinski definition) is 4. The highest BCUT2D eigenvalue weighted by Crippen LogP contribution is 2.12. The van der Waals surface area contributed by atoms with Crippen molar-refractivity contribution in [3.63, 3.8) is 0 Å². The van der Waals surface area contributed by atoms with E-state index >= 15 is 0 Å². The molecule has 0 spiro atoms. The zero-order valence-electron chi connectivity index (χ0n) is 12.2. The van der Waals surface area contributed by atoms with Crippen LogP contribution in [-0.2, 0) is 0 Å². The van der Waals surface area contributed by atoms with Gasteiger partial charge in [0.05, 0.1) is 23.8 Å². The summed E-state index contributed by atoms with van der Waals surface area (Å²) in [6.07, 6.45) is 3.68. The Morgan fingerprint density at radius 2 is 1.72 bits per heavy atom. The molecular weight excluding hydrogens is 224 g/mol. The van der Waals surface area contributed by atoms with Gasteiger partial charge in [-0.15, -0.1) is 0 Å². The number of anilines is 2. The lowest BCUT2D eigenvalue weighted by Crippen LogP contribution is -2.40. The quantitative estimate of drug-likeness (QED) is 0.780. The molecule has 1 aromatic heterocycles. The van der Waals surface area contributed by atoms with Crippen LogP contribution in [0.5, 0.6) is 0 Å². The Morgan fingerprint density at radius 3 is 2.28 bits per heavy atom. The van der Waals surface area contributed by atoms with E-state index in [1.807, 2.05) is 19.4 Å². The molecule has 0 saturated carbocycles. The summed E-state index contributed by atoms with van der Waals surface area (Å²) >= 11 is 0. The van der Waals surface area contributed by atoms with Crippen molar-refractivity contribution in [2.75, 3.05) is 30.8 Å². The summed E-state index contributed by atoms with van der Waals surface area (Å²) in [5, 5.41) is 6.51. The molecule has 1 rings (SSSR count). The first-order chi connectivity index (χ1) is 8.54. The first kappa shape index (κ1) is 14.8. The number of nitrogens with one attached hydrogen (secondary N) is 2. The van der Waals surface area contributed by atoms with E-state index < -0.39 is 0 Å². The minimum Gasteiger partial charge on any atom is -0.387 e. The third kappa shape index (κ3) is 4.53. The van der Waals surface area contributed by atoms with Gasteiger partial charge in [0.25, 0.3) is 0 Å². The molecule has 0 amide bonds. The van der Waals surface area contributed by atoms with Crippen molar-refractivity contribution in [3.8, 4) is 0 Å². The van der Waals surface area contributed by atoms with Crippen LogP contribution < -0.4 is 10.6 Å². The molecule has 0 aliphatic heterocycles. The van der Waals surface area contributed by atoms with E-state index in [4.69, 9.17) is 0 Å². The average Bonchev–Trinajstić information content (AvgIpc) is 2.34. The van der Waals surface area contributed by atoms with Crippen molar-refractivity contribution >= 4 is 11.4 Å². The maximum absolute atomic E-state index is 4.18. The second-order valence-electron chi connectivity index (χ2n) is 5.06. The minimum absolute atomic E-state index is 0.577. The van der Waals surface area contributed by atoms with Crippen LogP contribution in [0.25, 0.3) is 0 Å². The third-order valence-corrected chi connectivity index (χ3v) is 3.05. The normalized spacial score (nSPS) is 11.3. The molecule has 0 fully saturated rings. The molecule has 102 valence electrons. The summed E-state index contributed by atoms with van der Waals surface area (Å²) < 4.78 is 0. The van der Waals surface area contributed by atoms with E-state index in [9.17, 15) is 0 Å². The lowest BCUT2D eigenvalue weighted by Gasteiger charge is -2.30. The fourth-order valence-electron chi connectivity index (χ4n) is 2.12. The molecule has 0 atom stereocenters. The maximum atomic E-state index is 4.18. The van der Waals surface area contributed by atoms with E-state index in [2.05, 4.69) is 54.3 Å². The number of hydrogen-bond donors (Lipinski definition) is 2. The summed E-state index contributed by atoms with van der Waals surface area (Å²) in [5.41, 5.74) is 2.10. The van der Waals surface area contributed by atoms with Crippen molar-refractivity contribution < 1.29 is 0 Å². The highest BCUT2D eigenvalue weighted by Gasteiger charge is 2.12. The van der Waals surface area contributed by atoms with Crippen LogP contribution in [0.15, 0.2) is 18.5 Å². The largest absolute Gasteiger partial charge is 0.387 e. The predicted octanol–water partition coefficient (Wildman–Crippen LogP) is 2.65. The van der Waals surface area contributed by atoms with Crippen LogP contribution in [0.1, 0.15) is 27.7 Å². The molecule has 0 saturated heterocycles. The lowest BCUT2D eigenvalue weighted by atomic mass is 10.2. The van der Waals surface area contributed by atoms with Crippen molar-refractivity contribution in [2.45, 2.75) is 39.8 Å². The Bertz CT molecular complexity index is 341. The van der Waals surface area contributed by atoms with E-state index in [0.29, 0.717) is 12.1 Å². The van der Waals surface area contributed by atoms with Gasteiger partial charge in [0.1, 0.15) is 0 Å². The topological polar surface area (TPSA) is 40.2 Å². The fraction of sp³-hybridized carbons (Fsp3) is 0.643. The first-order valence-corrected chi connectivity index (χ1v) is 6.67. The van der Waals surface area contributed by atoms with Gasteiger partial charge in [-0.3, -0.25) is 9.88 Å². The SMILES string of the molecule is CNc1cncc(NCCN(C(C)C)C(C)C)c1. The summed E-state index contributed by atoms with van der Waals surface area (Å²) in [7, 11) is 1.90. The highest BCUT2D eigenvalue weighted by molar-refractivity contribution is 5.53. The van der Waals surface area contributed by atoms with Crippen LogP contribution in [0.3, 0.4) is 0 Å². The molecule has 0 bridgehead atoms. The Labute approximate surface area is 111 Å². The first-order valence-electron chi connectivity index (χ1n) is 6.67. The van der Waals surface area contributed by atoms with Crippen LogP contribution in [0.2, 0.25) is 0 Å². The monoisotopic (exact) mass is 250 g/mol. The molecule has 0 aromatic carbocycles. The van der Waals surface area contributed by atoms with E-state index in [-0.39, 0.29) is 0 Å². The second kappa shape index (κ2) is 7.21. The van der Waals surface area contributed by atoms with E-state index in [1.54, 1.807) is 0 Å². The van der Waals surface area contributed by atoms with Crippen molar-refractivity contribution in [2.24, 2.45) is 0 Å². The summed E-state index contributed by atoms with van der Waals surface area (Å²) in [6.45, 7) is 10.9. The summed E-state index contributed by atoms with van der Waals surface area (Å²) in [6, 6.07) is 3.23. The van der Waals surface area contributed by atoms with Crippen LogP contribution in [0, 0.1) is 0 Å². The summed E-state index contributed by atoms with van der Waals surface area (Å²) in [4.78, 5) is 6.66. The van der Waals surface area contributed by atoms with Gasteiger partial charge in [-0.1, -0.05) is 0 Å². The molecule has 1 heterocycles. The van der Waals surface area contributed by atoms with Gasteiger partial charge in [0, 0.05) is 32.2 Å². The van der Waals surface area contributed by atoms with E-state index in [1.165, 1.54) is 0 Å². The zero-order chi connectivity index (χ0) is 13.5. The average molecular weight is 250 g/mol. The van der Waals surface area contributed by atoms with Gasteiger partial charge in [-0.25, -0.2) is 0 Å². The highest BCUT2D eigenvalue weighted by atomic mass is 15.2. The summed E-state index contributed by atoms with van der Waals surface area (Å²) in [5.74, 6) is 0. The van der Waals surface area contributed by atoms with Gasteiger partial charge in [0.2, 0.25) is 0 Å². The number of rotatable bonds is 7. The zero-order valence-corrected chi connectivity index (χ0v) is 12.2. The molecule has 4 heteroatoms. The van der Waals surface area contributed by atoms with Gasteiger partial charge >= 0.3 is 0 Å². The van der Waals surface area contributed by atoms with Crippen molar-refractivity contribution in [1.82, 2.24) is 9.88 Å². The van der Waals surface area contributed by atoms with Gasteiger partial charge in [-0.2, -0.15) is 0 Å². The predicted molar refractivity (Wildman–Crippen MR) is 79.3 cm³/mol. The Balaban J connectivity index is 2.44. The van der Waals surface area contributed by atoms with Crippen LogP contribution >= 0.6 is 0 Å². The van der Waals surface area contributed by atoms with Gasteiger partial charge < -0.3 is 10.6 Å². The van der Waals surface area contributed by atoms with Crippen molar-refractivity contribution in [3.05, 3.63) is 18.5 Å². The lowest BCUT2D eigenvalue weighted by molar-refractivity contribution is 0.182. The maximum Gasteiger partial charge on any atom is 0.0547 e. The minimum atomic E-state index is 0.577. The second-order valence-corrected chi connectivity index (χ2v) is 5.06. The fourth-order valence-corrected chi connectivity index (χ4v) is 2.12. The molecule has 0 aliphatic rings. The smallest absolute Gasteiger partial charge is 0.0547 e. The number of pyridine rings is 1. The Hall–Kier alpha value is -1.29. The molecule has 0 unspecified atom stereocenters. The molecule has 18 heavy (non-hydrogen) atoms. The Morgan fingerprint density at radius 1 is 1.11 bits per heavy atom. The molecule has 4 nitrogen and oxygen atoms in total. The van der Waals surface area contributed by atoms with E-state index in [0.717, 1.165) is 24.5 Å². The standard InChI is InChI=1S/C14H26N4/c1-11(2)18(12(3)4)7-6-17-14-8-13(15-5)9-16-10-14/h8-12,15,17H,6-7H2,1-5H3. The Kier molecular flexibility index (Phi) is 5.92. The van der Waals surface area contributed by atoms with Crippen LogP contribution in [0.4, 0.5) is 11.4 Å². The number of aromatic nitrogens is 1.